The molecule has 2 aromatic heterocycles. The lowest BCUT2D eigenvalue weighted by Gasteiger charge is -2.40. The van der Waals surface area contributed by atoms with E-state index >= 15 is 0 Å². The van der Waals surface area contributed by atoms with Gasteiger partial charge in [0.2, 0.25) is 0 Å². The Balaban J connectivity index is 1.78. The van der Waals surface area contributed by atoms with Gasteiger partial charge in [-0.15, -0.1) is 0 Å². The minimum absolute atomic E-state index is 0.407. The van der Waals surface area contributed by atoms with E-state index in [0.717, 1.165) is 16.8 Å². The Morgan fingerprint density at radius 2 is 2.09 bits per heavy atom. The van der Waals surface area contributed by atoms with Crippen molar-refractivity contribution in [3.8, 4) is 0 Å². The molecule has 3 N–H and O–H groups in total. The van der Waals surface area contributed by atoms with Gasteiger partial charge < -0.3 is 15.7 Å². The summed E-state index contributed by atoms with van der Waals surface area (Å²) >= 11 is 0. The van der Waals surface area contributed by atoms with Gasteiger partial charge in [0.1, 0.15) is 18.2 Å². The molecule has 6 heteroatoms. The number of aliphatic hydroxyl groups is 1. The van der Waals surface area contributed by atoms with E-state index in [9.17, 15) is 5.11 Å². The molecular weight excluding hydrogens is 290 g/mol. The lowest BCUT2D eigenvalue weighted by molar-refractivity contribution is 0.168. The monoisotopic (exact) mass is 309 g/mol. The van der Waals surface area contributed by atoms with E-state index in [-0.39, 0.29) is 0 Å². The average molecular weight is 309 g/mol. The van der Waals surface area contributed by atoms with Crippen molar-refractivity contribution in [1.29, 1.82) is 0 Å². The van der Waals surface area contributed by atoms with Crippen LogP contribution < -0.4 is 5.73 Å². The molecule has 0 spiro atoms. The number of aliphatic hydroxyl groups excluding tert-OH is 1. The predicted molar refractivity (Wildman–Crippen MR) is 86.8 cm³/mol. The Morgan fingerprint density at radius 3 is 2.78 bits per heavy atom. The number of nitrogens with two attached hydrogens (primary N) is 1. The van der Waals surface area contributed by atoms with Crippen LogP contribution >= 0.6 is 0 Å². The van der Waals surface area contributed by atoms with Gasteiger partial charge in [-0.25, -0.2) is 9.97 Å². The molecule has 4 rings (SSSR count). The van der Waals surface area contributed by atoms with Gasteiger partial charge in [0, 0.05) is 29.6 Å². The van der Waals surface area contributed by atoms with Crippen molar-refractivity contribution in [2.75, 3.05) is 5.73 Å². The van der Waals surface area contributed by atoms with E-state index in [1.165, 1.54) is 25.6 Å². The molecule has 23 heavy (non-hydrogen) atoms. The maximum atomic E-state index is 10.8. The minimum atomic E-state index is -0.842. The van der Waals surface area contributed by atoms with E-state index in [4.69, 9.17) is 5.73 Å². The zero-order valence-corrected chi connectivity index (χ0v) is 12.8. The van der Waals surface area contributed by atoms with Crippen LogP contribution in [0, 0.1) is 0 Å². The van der Waals surface area contributed by atoms with Crippen LogP contribution in [0.5, 0.6) is 0 Å². The van der Waals surface area contributed by atoms with Crippen molar-refractivity contribution in [2.45, 2.75) is 38.0 Å². The average Bonchev–Trinajstić information content (AvgIpc) is 2.53. The van der Waals surface area contributed by atoms with E-state index < -0.39 is 6.10 Å². The fourth-order valence-electron chi connectivity index (χ4n) is 3.19. The number of rotatable bonds is 3. The highest BCUT2D eigenvalue weighted by Crippen LogP contribution is 2.39. The van der Waals surface area contributed by atoms with Crippen LogP contribution in [0.4, 0.5) is 5.82 Å². The maximum absolute atomic E-state index is 10.8. The molecule has 1 unspecified atom stereocenters. The summed E-state index contributed by atoms with van der Waals surface area (Å²) in [5, 5.41) is 10.8. The Bertz CT molecular complexity index is 742. The second-order valence-electron chi connectivity index (χ2n) is 6.08. The molecule has 1 aliphatic heterocycles. The zero-order chi connectivity index (χ0) is 15.8. The van der Waals surface area contributed by atoms with E-state index in [1.807, 2.05) is 24.4 Å². The SMILES string of the molecule is Nc1ncnc2c1C(C(O)c1ccccn1)=CN(C1CCC1)C2. The topological polar surface area (TPSA) is 88.2 Å². The van der Waals surface area contributed by atoms with Gasteiger partial charge in [0.15, 0.2) is 0 Å². The number of anilines is 1. The summed E-state index contributed by atoms with van der Waals surface area (Å²) in [6.07, 6.45) is 7.96. The quantitative estimate of drug-likeness (QED) is 0.900. The van der Waals surface area contributed by atoms with Crippen LogP contribution in [0.1, 0.15) is 42.3 Å². The lowest BCUT2D eigenvalue weighted by Crippen LogP contribution is -2.38. The van der Waals surface area contributed by atoms with Gasteiger partial charge in [-0.3, -0.25) is 4.98 Å². The number of nitrogen functional groups attached to an aromatic ring is 1. The molecule has 1 atom stereocenters. The summed E-state index contributed by atoms with van der Waals surface area (Å²) in [6.45, 7) is 0.713. The molecule has 0 bridgehead atoms. The van der Waals surface area contributed by atoms with Crippen molar-refractivity contribution in [1.82, 2.24) is 19.9 Å². The number of hydrogen-bond donors (Lipinski definition) is 2. The Morgan fingerprint density at radius 1 is 1.22 bits per heavy atom. The fourth-order valence-corrected chi connectivity index (χ4v) is 3.19. The normalized spacial score (nSPS) is 18.8. The summed E-state index contributed by atoms with van der Waals surface area (Å²) < 4.78 is 0. The van der Waals surface area contributed by atoms with Gasteiger partial charge in [0.05, 0.1) is 17.9 Å². The first kappa shape index (κ1) is 14.1. The molecule has 2 aliphatic rings. The molecule has 3 heterocycles. The second kappa shape index (κ2) is 5.62. The van der Waals surface area contributed by atoms with Crippen molar-refractivity contribution in [3.05, 3.63) is 53.9 Å². The number of pyridine rings is 1. The molecule has 118 valence electrons. The molecule has 0 aromatic carbocycles. The Hall–Kier alpha value is -2.47. The first-order valence-electron chi connectivity index (χ1n) is 7.90. The summed E-state index contributed by atoms with van der Waals surface area (Å²) in [4.78, 5) is 15.0. The Kier molecular flexibility index (Phi) is 3.46. The van der Waals surface area contributed by atoms with Gasteiger partial charge in [-0.05, 0) is 31.4 Å². The van der Waals surface area contributed by atoms with Crippen LogP contribution in [0.25, 0.3) is 5.57 Å². The molecule has 1 saturated carbocycles. The van der Waals surface area contributed by atoms with E-state index in [2.05, 4.69) is 19.9 Å². The predicted octanol–water partition coefficient (Wildman–Crippen LogP) is 1.90. The van der Waals surface area contributed by atoms with Gasteiger partial charge in [0.25, 0.3) is 0 Å². The third-order valence-corrected chi connectivity index (χ3v) is 4.69. The van der Waals surface area contributed by atoms with Crippen molar-refractivity contribution >= 4 is 11.4 Å². The number of hydrogen-bond acceptors (Lipinski definition) is 6. The van der Waals surface area contributed by atoms with E-state index in [0.29, 0.717) is 24.1 Å². The smallest absolute Gasteiger partial charge is 0.134 e. The zero-order valence-electron chi connectivity index (χ0n) is 12.8. The largest absolute Gasteiger partial charge is 0.383 e. The molecule has 2 aromatic rings. The number of fused-ring (bicyclic) bond motifs is 1. The second-order valence-corrected chi connectivity index (χ2v) is 6.08. The molecule has 0 amide bonds. The molecule has 1 fully saturated rings. The van der Waals surface area contributed by atoms with Crippen LogP contribution in [0.2, 0.25) is 0 Å². The third kappa shape index (κ3) is 2.45. The summed E-state index contributed by atoms with van der Waals surface area (Å²) in [6, 6.07) is 6.03. The van der Waals surface area contributed by atoms with Crippen molar-refractivity contribution < 1.29 is 5.11 Å². The van der Waals surface area contributed by atoms with Gasteiger partial charge >= 0.3 is 0 Å². The lowest BCUT2D eigenvalue weighted by atomic mass is 9.88. The van der Waals surface area contributed by atoms with Gasteiger partial charge in [-0.1, -0.05) is 6.07 Å². The molecular formula is C17H19N5O. The van der Waals surface area contributed by atoms with Crippen LogP contribution in [0.15, 0.2) is 36.9 Å². The first-order valence-corrected chi connectivity index (χ1v) is 7.90. The summed E-state index contributed by atoms with van der Waals surface area (Å²) in [5.41, 5.74) is 9.03. The highest BCUT2D eigenvalue weighted by atomic mass is 16.3. The van der Waals surface area contributed by atoms with Crippen molar-refractivity contribution in [3.63, 3.8) is 0 Å². The molecule has 0 saturated heterocycles. The van der Waals surface area contributed by atoms with Crippen molar-refractivity contribution in [2.24, 2.45) is 0 Å². The summed E-state index contributed by atoms with van der Waals surface area (Å²) in [5.74, 6) is 0.407. The summed E-state index contributed by atoms with van der Waals surface area (Å²) in [7, 11) is 0. The minimum Gasteiger partial charge on any atom is -0.383 e. The molecule has 6 nitrogen and oxygen atoms in total. The highest BCUT2D eigenvalue weighted by Gasteiger charge is 2.32. The highest BCUT2D eigenvalue weighted by molar-refractivity contribution is 5.78. The molecule has 0 radical (unpaired) electrons. The Labute approximate surface area is 134 Å². The van der Waals surface area contributed by atoms with Crippen LogP contribution in [-0.4, -0.2) is 31.0 Å². The first-order chi connectivity index (χ1) is 11.2. The van der Waals surface area contributed by atoms with Gasteiger partial charge in [-0.2, -0.15) is 0 Å². The van der Waals surface area contributed by atoms with E-state index in [1.54, 1.807) is 6.20 Å². The van der Waals surface area contributed by atoms with Crippen LogP contribution in [0.3, 0.4) is 0 Å². The fraction of sp³-hybridized carbons (Fsp3) is 0.353. The third-order valence-electron chi connectivity index (χ3n) is 4.69. The standard InChI is InChI=1S/C17H19N5O/c18-17-15-12(16(23)13-6-1-2-7-19-13)8-22(11-4-3-5-11)9-14(15)20-10-21-17/h1-2,6-8,10-11,16,23H,3-5,9H2,(H2,18,20,21). The maximum Gasteiger partial charge on any atom is 0.134 e. The molecule has 1 aliphatic carbocycles. The number of aromatic nitrogens is 3. The van der Waals surface area contributed by atoms with Crippen LogP contribution in [-0.2, 0) is 6.54 Å². The number of nitrogens with zero attached hydrogens (tertiary/aromatic N) is 4.